The van der Waals surface area contributed by atoms with Crippen molar-refractivity contribution in [3.05, 3.63) is 29.3 Å². The molecule has 2 atom stereocenters. The molecule has 4 nitrogen and oxygen atoms in total. The monoisotopic (exact) mass is 398 g/mol. The molecule has 0 amide bonds. The molecule has 0 bridgehead atoms. The lowest BCUT2D eigenvalue weighted by Crippen LogP contribution is -2.43. The van der Waals surface area contributed by atoms with Crippen molar-refractivity contribution in [1.29, 1.82) is 0 Å². The van der Waals surface area contributed by atoms with E-state index in [-0.39, 0.29) is 11.9 Å². The SMILES string of the molecule is CC[C@H]1CNC[C@@H]1c1ccc(C(F)(F)F)cc1N1CCC(C)(C(=O)OC)CC1. The zero-order valence-corrected chi connectivity index (χ0v) is 16.7. The van der Waals surface area contributed by atoms with Crippen molar-refractivity contribution < 1.29 is 22.7 Å². The van der Waals surface area contributed by atoms with Crippen LogP contribution in [0.25, 0.3) is 0 Å². The van der Waals surface area contributed by atoms with Gasteiger partial charge in [-0.2, -0.15) is 13.2 Å². The first-order valence-corrected chi connectivity index (χ1v) is 9.95. The van der Waals surface area contributed by atoms with Gasteiger partial charge in [-0.3, -0.25) is 4.79 Å². The minimum absolute atomic E-state index is 0.205. The Labute approximate surface area is 164 Å². The van der Waals surface area contributed by atoms with Crippen molar-refractivity contribution in [1.82, 2.24) is 5.32 Å². The van der Waals surface area contributed by atoms with E-state index < -0.39 is 17.2 Å². The first kappa shape index (κ1) is 21.0. The number of nitrogens with zero attached hydrogens (tertiary/aromatic N) is 1. The van der Waals surface area contributed by atoms with Gasteiger partial charge >= 0.3 is 12.1 Å². The molecule has 2 heterocycles. The Morgan fingerprint density at radius 1 is 1.29 bits per heavy atom. The summed E-state index contributed by atoms with van der Waals surface area (Å²) < 4.78 is 45.0. The van der Waals surface area contributed by atoms with E-state index in [9.17, 15) is 18.0 Å². The van der Waals surface area contributed by atoms with E-state index in [1.807, 2.05) is 11.8 Å². The van der Waals surface area contributed by atoms with Crippen molar-refractivity contribution >= 4 is 11.7 Å². The van der Waals surface area contributed by atoms with Gasteiger partial charge < -0.3 is 15.0 Å². The van der Waals surface area contributed by atoms with Crippen molar-refractivity contribution in [2.24, 2.45) is 11.3 Å². The second-order valence-electron chi connectivity index (χ2n) is 8.24. The number of anilines is 1. The molecular formula is C21H29F3N2O2. The van der Waals surface area contributed by atoms with Gasteiger partial charge in [0.1, 0.15) is 0 Å². The Bertz CT molecular complexity index is 712. The van der Waals surface area contributed by atoms with Crippen LogP contribution in [-0.4, -0.2) is 39.3 Å². The molecule has 1 N–H and O–H groups in total. The highest BCUT2D eigenvalue weighted by atomic mass is 19.4. The minimum atomic E-state index is -4.37. The fourth-order valence-electron chi connectivity index (χ4n) is 4.52. The van der Waals surface area contributed by atoms with Gasteiger partial charge in [0.25, 0.3) is 0 Å². The Hall–Kier alpha value is -1.76. The average Bonchev–Trinajstić information content (AvgIpc) is 3.15. The fourth-order valence-corrected chi connectivity index (χ4v) is 4.52. The number of hydrogen-bond acceptors (Lipinski definition) is 4. The normalized spacial score (nSPS) is 25.0. The van der Waals surface area contributed by atoms with Gasteiger partial charge in [0.2, 0.25) is 0 Å². The van der Waals surface area contributed by atoms with Crippen LogP contribution in [0.15, 0.2) is 18.2 Å². The van der Waals surface area contributed by atoms with Crippen LogP contribution in [0.1, 0.15) is 50.2 Å². The summed E-state index contributed by atoms with van der Waals surface area (Å²) in [5.41, 5.74) is 0.445. The number of ether oxygens (including phenoxy) is 1. The number of methoxy groups -OCH3 is 1. The molecule has 0 radical (unpaired) electrons. The van der Waals surface area contributed by atoms with Gasteiger partial charge in [0.15, 0.2) is 0 Å². The van der Waals surface area contributed by atoms with Crippen LogP contribution in [0.3, 0.4) is 0 Å². The minimum Gasteiger partial charge on any atom is -0.469 e. The lowest BCUT2D eigenvalue weighted by Gasteiger charge is -2.40. The number of nitrogens with one attached hydrogen (secondary N) is 1. The number of esters is 1. The summed E-state index contributed by atoms with van der Waals surface area (Å²) in [4.78, 5) is 14.1. The zero-order valence-electron chi connectivity index (χ0n) is 16.7. The molecule has 7 heteroatoms. The second-order valence-corrected chi connectivity index (χ2v) is 8.24. The third-order valence-corrected chi connectivity index (χ3v) is 6.51. The van der Waals surface area contributed by atoms with E-state index in [0.29, 0.717) is 37.5 Å². The summed E-state index contributed by atoms with van der Waals surface area (Å²) in [5, 5.41) is 3.38. The molecule has 0 saturated carbocycles. The van der Waals surface area contributed by atoms with E-state index in [0.717, 1.165) is 25.1 Å². The van der Waals surface area contributed by atoms with E-state index in [2.05, 4.69) is 12.2 Å². The molecule has 0 aliphatic carbocycles. The molecule has 3 rings (SSSR count). The average molecular weight is 398 g/mol. The van der Waals surface area contributed by atoms with Gasteiger partial charge in [0, 0.05) is 31.2 Å². The van der Waals surface area contributed by atoms with Crippen LogP contribution in [0.5, 0.6) is 0 Å². The van der Waals surface area contributed by atoms with Crippen LogP contribution in [0.4, 0.5) is 18.9 Å². The molecule has 2 saturated heterocycles. The number of carbonyl (C=O) groups excluding carboxylic acids is 1. The summed E-state index contributed by atoms with van der Waals surface area (Å²) in [7, 11) is 1.38. The van der Waals surface area contributed by atoms with Crippen LogP contribution in [-0.2, 0) is 15.7 Å². The van der Waals surface area contributed by atoms with E-state index in [4.69, 9.17) is 4.74 Å². The summed E-state index contributed by atoms with van der Waals surface area (Å²) in [6.45, 7) is 6.74. The predicted molar refractivity (Wildman–Crippen MR) is 102 cm³/mol. The molecule has 2 fully saturated rings. The molecule has 0 spiro atoms. The second kappa shape index (κ2) is 7.93. The van der Waals surface area contributed by atoms with Crippen molar-refractivity contribution in [2.75, 3.05) is 38.2 Å². The van der Waals surface area contributed by atoms with Crippen LogP contribution in [0, 0.1) is 11.3 Å². The molecule has 1 aromatic rings. The number of halogens is 3. The summed E-state index contributed by atoms with van der Waals surface area (Å²) >= 11 is 0. The number of hydrogen-bond donors (Lipinski definition) is 1. The van der Waals surface area contributed by atoms with E-state index >= 15 is 0 Å². The number of alkyl halides is 3. The summed E-state index contributed by atoms with van der Waals surface area (Å²) in [5.74, 6) is 0.374. The highest BCUT2D eigenvalue weighted by Gasteiger charge is 2.40. The van der Waals surface area contributed by atoms with Crippen molar-refractivity contribution in [2.45, 2.75) is 45.2 Å². The van der Waals surface area contributed by atoms with Gasteiger partial charge in [-0.15, -0.1) is 0 Å². The van der Waals surface area contributed by atoms with E-state index in [1.165, 1.54) is 19.2 Å². The molecule has 2 aliphatic rings. The van der Waals surface area contributed by atoms with Gasteiger partial charge in [-0.1, -0.05) is 19.4 Å². The maximum absolute atomic E-state index is 13.4. The number of piperidine rings is 1. The van der Waals surface area contributed by atoms with Crippen LogP contribution < -0.4 is 10.2 Å². The largest absolute Gasteiger partial charge is 0.469 e. The quantitative estimate of drug-likeness (QED) is 0.772. The van der Waals surface area contributed by atoms with E-state index in [1.54, 1.807) is 6.07 Å². The highest BCUT2D eigenvalue weighted by molar-refractivity contribution is 5.76. The Kier molecular flexibility index (Phi) is 5.94. The lowest BCUT2D eigenvalue weighted by molar-refractivity contribution is -0.153. The number of rotatable bonds is 4. The van der Waals surface area contributed by atoms with Crippen molar-refractivity contribution in [3.63, 3.8) is 0 Å². The third-order valence-electron chi connectivity index (χ3n) is 6.51. The number of carbonyl (C=O) groups is 1. The topological polar surface area (TPSA) is 41.6 Å². The number of benzene rings is 1. The highest BCUT2D eigenvalue weighted by Crippen LogP contribution is 2.42. The Morgan fingerprint density at radius 2 is 1.96 bits per heavy atom. The van der Waals surface area contributed by atoms with Gasteiger partial charge in [-0.25, -0.2) is 0 Å². The fraction of sp³-hybridized carbons (Fsp3) is 0.667. The maximum Gasteiger partial charge on any atom is 0.416 e. The summed E-state index contributed by atoms with van der Waals surface area (Å²) in [6, 6.07) is 4.15. The van der Waals surface area contributed by atoms with Gasteiger partial charge in [0.05, 0.1) is 18.1 Å². The molecule has 0 unspecified atom stereocenters. The standard InChI is InChI=1S/C21H29F3N2O2/c1-4-14-12-25-13-17(14)16-6-5-15(21(22,23)24)11-18(16)26-9-7-20(2,8-10-26)19(27)28-3/h5-6,11,14,17,25H,4,7-10,12-13H2,1-3H3/t14-,17-/m0/s1. The van der Waals surface area contributed by atoms with Crippen molar-refractivity contribution in [3.8, 4) is 0 Å². The third kappa shape index (κ3) is 4.00. The predicted octanol–water partition coefficient (Wildman–Crippen LogP) is 4.20. The van der Waals surface area contributed by atoms with Crippen LogP contribution >= 0.6 is 0 Å². The maximum atomic E-state index is 13.4. The molecule has 1 aromatic carbocycles. The molecule has 156 valence electrons. The zero-order chi connectivity index (χ0) is 20.5. The van der Waals surface area contributed by atoms with Gasteiger partial charge in [-0.05, 0) is 49.9 Å². The molecular weight excluding hydrogens is 369 g/mol. The first-order valence-electron chi connectivity index (χ1n) is 9.95. The molecule has 2 aliphatic heterocycles. The Balaban J connectivity index is 1.93. The summed E-state index contributed by atoms with van der Waals surface area (Å²) in [6.07, 6.45) is -2.26. The molecule has 0 aromatic heterocycles. The Morgan fingerprint density at radius 3 is 2.54 bits per heavy atom. The van der Waals surface area contributed by atoms with Crippen LogP contribution in [0.2, 0.25) is 0 Å². The molecule has 28 heavy (non-hydrogen) atoms. The lowest BCUT2D eigenvalue weighted by atomic mass is 9.79. The first-order chi connectivity index (χ1) is 13.2. The smallest absolute Gasteiger partial charge is 0.416 e.